The standard InChI is InChI=1S/C26H27N5O2S/c1-19(25(32)28-23(20-9-5-3-6-10-20)21-11-7-4-8-12-21)34-26-30-29-24(31(26)17-18-33-2)22-13-15-27-16-14-22/h3-16,19,23H,17-18H2,1-2H3,(H,28,32). The second kappa shape index (κ2) is 11.6. The van der Waals surface area contributed by atoms with Gasteiger partial charge in [-0.3, -0.25) is 14.3 Å². The number of hydrogen-bond acceptors (Lipinski definition) is 6. The number of methoxy groups -OCH3 is 1. The lowest BCUT2D eigenvalue weighted by Crippen LogP contribution is -2.35. The van der Waals surface area contributed by atoms with Gasteiger partial charge in [-0.1, -0.05) is 72.4 Å². The van der Waals surface area contributed by atoms with Gasteiger partial charge < -0.3 is 10.1 Å². The van der Waals surface area contributed by atoms with Crippen LogP contribution in [0.5, 0.6) is 0 Å². The second-order valence-electron chi connectivity index (χ2n) is 7.71. The highest BCUT2D eigenvalue weighted by molar-refractivity contribution is 8.00. The van der Waals surface area contributed by atoms with Gasteiger partial charge in [0.1, 0.15) is 0 Å². The van der Waals surface area contributed by atoms with Gasteiger partial charge in [0.2, 0.25) is 5.91 Å². The van der Waals surface area contributed by atoms with Crippen LogP contribution in [0.1, 0.15) is 24.1 Å². The van der Waals surface area contributed by atoms with Crippen LogP contribution in [-0.4, -0.2) is 44.6 Å². The minimum absolute atomic E-state index is 0.0746. The summed E-state index contributed by atoms with van der Waals surface area (Å²) in [6, 6.07) is 23.5. The molecule has 2 aromatic carbocycles. The maximum Gasteiger partial charge on any atom is 0.234 e. The molecule has 0 spiro atoms. The third-order valence-corrected chi connectivity index (χ3v) is 6.46. The molecular weight excluding hydrogens is 446 g/mol. The van der Waals surface area contributed by atoms with Crippen LogP contribution >= 0.6 is 11.8 Å². The van der Waals surface area contributed by atoms with Crippen LogP contribution in [0.3, 0.4) is 0 Å². The van der Waals surface area contributed by atoms with Gasteiger partial charge in [0, 0.05) is 25.1 Å². The predicted molar refractivity (Wildman–Crippen MR) is 133 cm³/mol. The molecule has 4 aromatic rings. The number of carbonyl (C=O) groups excluding carboxylic acids is 1. The minimum Gasteiger partial charge on any atom is -0.383 e. The Morgan fingerprint density at radius 1 is 0.971 bits per heavy atom. The molecule has 0 aliphatic rings. The van der Waals surface area contributed by atoms with Crippen LogP contribution in [-0.2, 0) is 16.1 Å². The van der Waals surface area contributed by atoms with Crippen molar-refractivity contribution in [3.63, 3.8) is 0 Å². The zero-order valence-corrected chi connectivity index (χ0v) is 20.0. The van der Waals surface area contributed by atoms with Gasteiger partial charge in [0.15, 0.2) is 11.0 Å². The molecule has 8 heteroatoms. The summed E-state index contributed by atoms with van der Waals surface area (Å²) in [6.07, 6.45) is 3.45. The Labute approximate surface area is 203 Å². The molecule has 0 saturated carbocycles. The molecular formula is C26H27N5O2S. The average molecular weight is 474 g/mol. The Morgan fingerprint density at radius 2 is 1.59 bits per heavy atom. The van der Waals surface area contributed by atoms with E-state index in [1.165, 1.54) is 11.8 Å². The average Bonchev–Trinajstić information content (AvgIpc) is 3.29. The maximum atomic E-state index is 13.3. The molecule has 2 aromatic heterocycles. The molecule has 34 heavy (non-hydrogen) atoms. The number of benzene rings is 2. The number of carbonyl (C=O) groups is 1. The van der Waals surface area contributed by atoms with E-state index in [0.717, 1.165) is 22.5 Å². The molecule has 2 heterocycles. The van der Waals surface area contributed by atoms with Crippen molar-refractivity contribution in [3.8, 4) is 11.4 Å². The molecule has 0 aliphatic heterocycles. The summed E-state index contributed by atoms with van der Waals surface area (Å²) in [6.45, 7) is 2.97. The summed E-state index contributed by atoms with van der Waals surface area (Å²) >= 11 is 1.38. The van der Waals surface area contributed by atoms with Crippen LogP contribution in [0.15, 0.2) is 90.3 Å². The minimum atomic E-state index is -0.384. The van der Waals surface area contributed by atoms with E-state index in [9.17, 15) is 4.79 Å². The maximum absolute atomic E-state index is 13.3. The highest BCUT2D eigenvalue weighted by Gasteiger charge is 2.24. The Kier molecular flexibility index (Phi) is 8.06. The van der Waals surface area contributed by atoms with Crippen molar-refractivity contribution in [3.05, 3.63) is 96.3 Å². The first-order valence-corrected chi connectivity index (χ1v) is 11.9. The van der Waals surface area contributed by atoms with E-state index >= 15 is 0 Å². The summed E-state index contributed by atoms with van der Waals surface area (Å²) < 4.78 is 7.27. The van der Waals surface area contributed by atoms with E-state index in [2.05, 4.69) is 20.5 Å². The SMILES string of the molecule is COCCn1c(SC(C)C(=O)NC(c2ccccc2)c2ccccc2)nnc1-c1ccncc1. The molecule has 1 atom stereocenters. The van der Waals surface area contributed by atoms with E-state index < -0.39 is 0 Å². The number of hydrogen-bond donors (Lipinski definition) is 1. The molecule has 1 N–H and O–H groups in total. The van der Waals surface area contributed by atoms with Gasteiger partial charge in [-0.2, -0.15) is 0 Å². The molecule has 0 aliphatic carbocycles. The number of aromatic nitrogens is 4. The van der Waals surface area contributed by atoms with Gasteiger partial charge in [-0.15, -0.1) is 10.2 Å². The molecule has 1 amide bonds. The molecule has 1 unspecified atom stereocenters. The van der Waals surface area contributed by atoms with Gasteiger partial charge in [0.25, 0.3) is 0 Å². The number of thioether (sulfide) groups is 1. The molecule has 0 saturated heterocycles. The lowest BCUT2D eigenvalue weighted by molar-refractivity contribution is -0.120. The monoisotopic (exact) mass is 473 g/mol. The summed E-state index contributed by atoms with van der Waals surface area (Å²) in [5, 5.41) is 12.3. The van der Waals surface area contributed by atoms with Gasteiger partial charge in [0.05, 0.1) is 24.4 Å². The zero-order valence-electron chi connectivity index (χ0n) is 19.2. The third-order valence-electron chi connectivity index (χ3n) is 5.38. The predicted octanol–water partition coefficient (Wildman–Crippen LogP) is 4.37. The Balaban J connectivity index is 1.54. The van der Waals surface area contributed by atoms with E-state index in [1.54, 1.807) is 19.5 Å². The Morgan fingerprint density at radius 3 is 2.18 bits per heavy atom. The fourth-order valence-electron chi connectivity index (χ4n) is 3.60. The lowest BCUT2D eigenvalue weighted by atomic mass is 9.98. The van der Waals surface area contributed by atoms with Crippen molar-refractivity contribution in [2.75, 3.05) is 13.7 Å². The number of rotatable bonds is 10. The first kappa shape index (κ1) is 23.7. The summed E-state index contributed by atoms with van der Waals surface area (Å²) in [4.78, 5) is 17.4. The fraction of sp³-hybridized carbons (Fsp3) is 0.231. The van der Waals surface area contributed by atoms with Crippen LogP contribution in [0.4, 0.5) is 0 Å². The molecule has 0 fully saturated rings. The Bertz CT molecular complexity index is 1150. The smallest absolute Gasteiger partial charge is 0.234 e. The number of nitrogens with zero attached hydrogens (tertiary/aromatic N) is 4. The summed E-state index contributed by atoms with van der Waals surface area (Å²) in [5.41, 5.74) is 2.97. The molecule has 4 rings (SSSR count). The zero-order chi connectivity index (χ0) is 23.8. The van der Waals surface area contributed by atoms with Crippen molar-refractivity contribution in [1.82, 2.24) is 25.1 Å². The first-order chi connectivity index (χ1) is 16.7. The summed E-state index contributed by atoms with van der Waals surface area (Å²) in [5.74, 6) is 0.649. The van der Waals surface area contributed by atoms with Crippen LogP contribution < -0.4 is 5.32 Å². The van der Waals surface area contributed by atoms with E-state index in [0.29, 0.717) is 18.3 Å². The number of pyridine rings is 1. The number of nitrogens with one attached hydrogen (secondary N) is 1. The molecule has 174 valence electrons. The first-order valence-electron chi connectivity index (χ1n) is 11.1. The third kappa shape index (κ3) is 5.70. The van der Waals surface area contributed by atoms with Crippen molar-refractivity contribution >= 4 is 17.7 Å². The van der Waals surface area contributed by atoms with E-state index in [4.69, 9.17) is 4.74 Å². The topological polar surface area (TPSA) is 81.9 Å². The summed E-state index contributed by atoms with van der Waals surface area (Å²) in [7, 11) is 1.66. The largest absolute Gasteiger partial charge is 0.383 e. The Hall–Kier alpha value is -3.49. The van der Waals surface area contributed by atoms with Crippen LogP contribution in [0, 0.1) is 0 Å². The fourth-order valence-corrected chi connectivity index (χ4v) is 4.48. The normalized spacial score (nSPS) is 12.0. The van der Waals surface area contributed by atoms with E-state index in [1.807, 2.05) is 84.3 Å². The quantitative estimate of drug-likeness (QED) is 0.345. The van der Waals surface area contributed by atoms with Gasteiger partial charge >= 0.3 is 0 Å². The highest BCUT2D eigenvalue weighted by Crippen LogP contribution is 2.28. The second-order valence-corrected chi connectivity index (χ2v) is 9.02. The van der Waals surface area contributed by atoms with Crippen molar-refractivity contribution in [2.45, 2.75) is 29.9 Å². The highest BCUT2D eigenvalue weighted by atomic mass is 32.2. The van der Waals surface area contributed by atoms with Gasteiger partial charge in [-0.05, 0) is 30.2 Å². The van der Waals surface area contributed by atoms with Crippen molar-refractivity contribution in [1.29, 1.82) is 0 Å². The molecule has 7 nitrogen and oxygen atoms in total. The van der Waals surface area contributed by atoms with Crippen LogP contribution in [0.2, 0.25) is 0 Å². The lowest BCUT2D eigenvalue weighted by Gasteiger charge is -2.22. The number of amides is 1. The molecule has 0 bridgehead atoms. The van der Waals surface area contributed by atoms with Crippen molar-refractivity contribution in [2.24, 2.45) is 0 Å². The molecule has 0 radical (unpaired) electrons. The van der Waals surface area contributed by atoms with Crippen molar-refractivity contribution < 1.29 is 9.53 Å². The number of ether oxygens (including phenoxy) is 1. The van der Waals surface area contributed by atoms with E-state index in [-0.39, 0.29) is 17.2 Å². The van der Waals surface area contributed by atoms with Crippen LogP contribution in [0.25, 0.3) is 11.4 Å². The van der Waals surface area contributed by atoms with Gasteiger partial charge in [-0.25, -0.2) is 0 Å².